The molecular weight excluding hydrogens is 286 g/mol. The molecule has 108 valence electrons. The van der Waals surface area contributed by atoms with Gasteiger partial charge in [0.25, 0.3) is 0 Å². The van der Waals surface area contributed by atoms with E-state index in [-0.39, 0.29) is 0 Å². The van der Waals surface area contributed by atoms with Gasteiger partial charge in [-0.25, -0.2) is 0 Å². The lowest BCUT2D eigenvalue weighted by atomic mass is 10.1. The molecular formula is C17H16ClNO2. The maximum absolute atomic E-state index is 5.97. The van der Waals surface area contributed by atoms with Crippen molar-refractivity contribution < 1.29 is 9.15 Å². The van der Waals surface area contributed by atoms with Crippen molar-refractivity contribution in [1.82, 2.24) is 5.32 Å². The normalized spacial score (nSPS) is 11.0. The van der Waals surface area contributed by atoms with Crippen molar-refractivity contribution in [2.24, 2.45) is 0 Å². The van der Waals surface area contributed by atoms with Gasteiger partial charge < -0.3 is 14.5 Å². The molecule has 3 nitrogen and oxygen atoms in total. The van der Waals surface area contributed by atoms with Crippen LogP contribution in [0.3, 0.4) is 0 Å². The standard InChI is InChI=1S/C17H16ClNO2/c1-19-10-17-15(14-7-2-3-8-16(14)21-17)11-20-13-6-4-5-12(18)9-13/h2-9,19H,10-11H2,1H3. The first-order chi connectivity index (χ1) is 10.3. The Balaban J connectivity index is 1.89. The van der Waals surface area contributed by atoms with Gasteiger partial charge in [-0.3, -0.25) is 0 Å². The highest BCUT2D eigenvalue weighted by atomic mass is 35.5. The van der Waals surface area contributed by atoms with Gasteiger partial charge in [0, 0.05) is 16.0 Å². The van der Waals surface area contributed by atoms with Gasteiger partial charge in [0.05, 0.1) is 6.54 Å². The molecule has 2 aromatic carbocycles. The minimum absolute atomic E-state index is 0.453. The second kappa shape index (κ2) is 6.20. The van der Waals surface area contributed by atoms with Gasteiger partial charge in [0.15, 0.2) is 0 Å². The average molecular weight is 302 g/mol. The van der Waals surface area contributed by atoms with E-state index in [1.165, 1.54) is 0 Å². The molecule has 0 saturated carbocycles. The topological polar surface area (TPSA) is 34.4 Å². The van der Waals surface area contributed by atoms with Crippen molar-refractivity contribution in [3.8, 4) is 5.75 Å². The van der Waals surface area contributed by atoms with E-state index in [0.29, 0.717) is 18.2 Å². The summed E-state index contributed by atoms with van der Waals surface area (Å²) in [5.41, 5.74) is 1.95. The van der Waals surface area contributed by atoms with E-state index < -0.39 is 0 Å². The molecule has 3 rings (SSSR count). The number of benzene rings is 2. The third kappa shape index (κ3) is 3.04. The smallest absolute Gasteiger partial charge is 0.134 e. The first-order valence-electron chi connectivity index (χ1n) is 6.80. The predicted octanol–water partition coefficient (Wildman–Crippen LogP) is 4.38. The van der Waals surface area contributed by atoms with Crippen molar-refractivity contribution in [2.45, 2.75) is 13.2 Å². The lowest BCUT2D eigenvalue weighted by Gasteiger charge is -2.07. The molecule has 0 radical (unpaired) electrons. The molecule has 0 unspecified atom stereocenters. The number of halogens is 1. The molecule has 0 spiro atoms. The fraction of sp³-hybridized carbons (Fsp3) is 0.176. The molecule has 0 aliphatic rings. The highest BCUT2D eigenvalue weighted by Gasteiger charge is 2.13. The van der Waals surface area contributed by atoms with Crippen molar-refractivity contribution in [3.63, 3.8) is 0 Å². The van der Waals surface area contributed by atoms with Crippen molar-refractivity contribution in [3.05, 3.63) is 64.9 Å². The summed E-state index contributed by atoms with van der Waals surface area (Å²) in [5.74, 6) is 1.66. The number of hydrogen-bond donors (Lipinski definition) is 1. The van der Waals surface area contributed by atoms with Crippen LogP contribution in [0.2, 0.25) is 5.02 Å². The molecule has 0 aliphatic carbocycles. The maximum Gasteiger partial charge on any atom is 0.134 e. The van der Waals surface area contributed by atoms with E-state index in [2.05, 4.69) is 11.4 Å². The number of rotatable bonds is 5. The number of fused-ring (bicyclic) bond motifs is 1. The summed E-state index contributed by atoms with van der Waals surface area (Å²) in [6.07, 6.45) is 0. The Morgan fingerprint density at radius 3 is 2.81 bits per heavy atom. The highest BCUT2D eigenvalue weighted by molar-refractivity contribution is 6.30. The molecule has 0 atom stereocenters. The van der Waals surface area contributed by atoms with Crippen molar-refractivity contribution in [1.29, 1.82) is 0 Å². The zero-order valence-corrected chi connectivity index (χ0v) is 12.5. The minimum atomic E-state index is 0.453. The highest BCUT2D eigenvalue weighted by Crippen LogP contribution is 2.27. The van der Waals surface area contributed by atoms with E-state index in [1.54, 1.807) is 0 Å². The first-order valence-corrected chi connectivity index (χ1v) is 7.18. The predicted molar refractivity (Wildman–Crippen MR) is 84.8 cm³/mol. The summed E-state index contributed by atoms with van der Waals surface area (Å²) >= 11 is 5.97. The van der Waals surface area contributed by atoms with Gasteiger partial charge in [0.2, 0.25) is 0 Å². The fourth-order valence-corrected chi connectivity index (χ4v) is 2.50. The van der Waals surface area contributed by atoms with Crippen molar-refractivity contribution in [2.75, 3.05) is 7.05 Å². The average Bonchev–Trinajstić information content (AvgIpc) is 2.83. The maximum atomic E-state index is 5.97. The summed E-state index contributed by atoms with van der Waals surface area (Å²) in [4.78, 5) is 0. The van der Waals surface area contributed by atoms with E-state index >= 15 is 0 Å². The van der Waals surface area contributed by atoms with Crippen LogP contribution in [0.15, 0.2) is 52.9 Å². The van der Waals surface area contributed by atoms with Crippen LogP contribution in [0, 0.1) is 0 Å². The number of para-hydroxylation sites is 1. The van der Waals surface area contributed by atoms with E-state index in [0.717, 1.165) is 28.0 Å². The Kier molecular flexibility index (Phi) is 4.13. The number of nitrogens with one attached hydrogen (secondary N) is 1. The van der Waals surface area contributed by atoms with Crippen LogP contribution >= 0.6 is 11.6 Å². The van der Waals surface area contributed by atoms with Gasteiger partial charge in [-0.05, 0) is 31.3 Å². The zero-order chi connectivity index (χ0) is 14.7. The third-order valence-electron chi connectivity index (χ3n) is 3.30. The lowest BCUT2D eigenvalue weighted by molar-refractivity contribution is 0.303. The summed E-state index contributed by atoms with van der Waals surface area (Å²) in [6, 6.07) is 15.4. The quantitative estimate of drug-likeness (QED) is 0.759. The van der Waals surface area contributed by atoms with Crippen LogP contribution < -0.4 is 10.1 Å². The van der Waals surface area contributed by atoms with E-state index in [1.807, 2.05) is 49.5 Å². The Hall–Kier alpha value is -1.97. The van der Waals surface area contributed by atoms with Crippen LogP contribution in [0.5, 0.6) is 5.75 Å². The second-order valence-corrected chi connectivity index (χ2v) is 5.21. The van der Waals surface area contributed by atoms with Gasteiger partial charge in [-0.1, -0.05) is 35.9 Å². The van der Waals surface area contributed by atoms with Crippen LogP contribution in [0.1, 0.15) is 11.3 Å². The van der Waals surface area contributed by atoms with Crippen LogP contribution in [-0.2, 0) is 13.2 Å². The first kappa shape index (κ1) is 14.0. The van der Waals surface area contributed by atoms with Crippen LogP contribution in [0.25, 0.3) is 11.0 Å². The number of ether oxygens (including phenoxy) is 1. The fourth-order valence-electron chi connectivity index (χ4n) is 2.32. The molecule has 0 amide bonds. The monoisotopic (exact) mass is 301 g/mol. The molecule has 0 fully saturated rings. The largest absolute Gasteiger partial charge is 0.489 e. The summed E-state index contributed by atoms with van der Waals surface area (Å²) in [7, 11) is 1.90. The number of furan rings is 1. The Morgan fingerprint density at radius 1 is 1.14 bits per heavy atom. The molecule has 1 aromatic heterocycles. The van der Waals surface area contributed by atoms with Gasteiger partial charge >= 0.3 is 0 Å². The molecule has 0 saturated heterocycles. The molecule has 0 bridgehead atoms. The molecule has 1 heterocycles. The molecule has 21 heavy (non-hydrogen) atoms. The van der Waals surface area contributed by atoms with Crippen molar-refractivity contribution >= 4 is 22.6 Å². The van der Waals surface area contributed by atoms with Crippen LogP contribution in [-0.4, -0.2) is 7.05 Å². The SMILES string of the molecule is CNCc1oc2ccccc2c1COc1cccc(Cl)c1. The zero-order valence-electron chi connectivity index (χ0n) is 11.7. The summed E-state index contributed by atoms with van der Waals surface area (Å²) < 4.78 is 11.7. The van der Waals surface area contributed by atoms with Gasteiger partial charge in [-0.2, -0.15) is 0 Å². The van der Waals surface area contributed by atoms with Crippen LogP contribution in [0.4, 0.5) is 0 Å². The molecule has 3 aromatic rings. The third-order valence-corrected chi connectivity index (χ3v) is 3.53. The number of hydrogen-bond acceptors (Lipinski definition) is 3. The Labute approximate surface area is 128 Å². The van der Waals surface area contributed by atoms with Gasteiger partial charge in [-0.15, -0.1) is 0 Å². The molecule has 4 heteroatoms. The molecule has 0 aliphatic heterocycles. The van der Waals surface area contributed by atoms with Gasteiger partial charge in [0.1, 0.15) is 23.7 Å². The molecule has 1 N–H and O–H groups in total. The lowest BCUT2D eigenvalue weighted by Crippen LogP contribution is -2.07. The van der Waals surface area contributed by atoms with E-state index in [4.69, 9.17) is 20.8 Å². The second-order valence-electron chi connectivity index (χ2n) is 4.78. The van der Waals surface area contributed by atoms with E-state index in [9.17, 15) is 0 Å². The Bertz CT molecular complexity index is 751. The minimum Gasteiger partial charge on any atom is -0.489 e. The Morgan fingerprint density at radius 2 is 2.00 bits per heavy atom. The summed E-state index contributed by atoms with van der Waals surface area (Å²) in [6.45, 7) is 1.12. The summed E-state index contributed by atoms with van der Waals surface area (Å²) in [5, 5.41) is 4.88.